The Balaban J connectivity index is 2.57. The highest BCUT2D eigenvalue weighted by molar-refractivity contribution is 5.82. The molecule has 1 aromatic heterocycles. The molecule has 1 heterocycles. The molecular formula is C9H10N2O. The topological polar surface area (TPSA) is 48.0 Å². The van der Waals surface area contributed by atoms with Gasteiger partial charge in [-0.1, -0.05) is 18.2 Å². The fourth-order valence-corrected chi connectivity index (χ4v) is 1.38. The first kappa shape index (κ1) is 7.34. The Morgan fingerprint density at radius 3 is 3.08 bits per heavy atom. The van der Waals surface area contributed by atoms with Crippen LogP contribution >= 0.6 is 0 Å². The van der Waals surface area contributed by atoms with Crippen LogP contribution < -0.4 is 5.48 Å². The summed E-state index contributed by atoms with van der Waals surface area (Å²) in [5.74, 6) is 0. The van der Waals surface area contributed by atoms with Gasteiger partial charge in [-0.25, -0.2) is 5.48 Å². The number of hydroxylamine groups is 1. The number of rotatable bonds is 2. The van der Waals surface area contributed by atoms with Crippen molar-refractivity contribution in [3.63, 3.8) is 0 Å². The second-order valence-corrected chi connectivity index (χ2v) is 2.69. The van der Waals surface area contributed by atoms with Gasteiger partial charge in [0.15, 0.2) is 0 Å². The van der Waals surface area contributed by atoms with Gasteiger partial charge in [-0.2, -0.15) is 0 Å². The van der Waals surface area contributed by atoms with E-state index in [9.17, 15) is 0 Å². The van der Waals surface area contributed by atoms with Crippen molar-refractivity contribution in [3.8, 4) is 0 Å². The van der Waals surface area contributed by atoms with E-state index in [1.807, 2.05) is 30.5 Å². The first-order valence-corrected chi connectivity index (χ1v) is 3.84. The molecule has 0 saturated heterocycles. The third kappa shape index (κ3) is 1.09. The van der Waals surface area contributed by atoms with Crippen molar-refractivity contribution in [1.29, 1.82) is 0 Å². The lowest BCUT2D eigenvalue weighted by atomic mass is 10.1. The Hall–Kier alpha value is -1.32. The molecule has 3 nitrogen and oxygen atoms in total. The van der Waals surface area contributed by atoms with E-state index in [4.69, 9.17) is 5.21 Å². The van der Waals surface area contributed by atoms with Crippen LogP contribution in [0, 0.1) is 0 Å². The molecule has 0 aliphatic heterocycles. The molecule has 3 N–H and O–H groups in total. The van der Waals surface area contributed by atoms with Crippen molar-refractivity contribution in [2.45, 2.75) is 6.54 Å². The van der Waals surface area contributed by atoms with Gasteiger partial charge in [0.1, 0.15) is 0 Å². The van der Waals surface area contributed by atoms with E-state index < -0.39 is 0 Å². The molecule has 0 bridgehead atoms. The third-order valence-corrected chi connectivity index (χ3v) is 1.94. The van der Waals surface area contributed by atoms with Crippen LogP contribution in [-0.2, 0) is 6.54 Å². The number of H-pyrrole nitrogens is 1. The van der Waals surface area contributed by atoms with Gasteiger partial charge in [0.2, 0.25) is 0 Å². The van der Waals surface area contributed by atoms with Gasteiger partial charge in [-0.05, 0) is 17.0 Å². The second kappa shape index (κ2) is 2.97. The lowest BCUT2D eigenvalue weighted by Crippen LogP contribution is -2.06. The van der Waals surface area contributed by atoms with Crippen LogP contribution in [0.4, 0.5) is 0 Å². The van der Waals surface area contributed by atoms with Crippen LogP contribution in [0.2, 0.25) is 0 Å². The number of fused-ring (bicyclic) bond motifs is 1. The van der Waals surface area contributed by atoms with Gasteiger partial charge in [0, 0.05) is 18.3 Å². The lowest BCUT2D eigenvalue weighted by molar-refractivity contribution is 0.161. The Morgan fingerprint density at radius 1 is 1.33 bits per heavy atom. The average Bonchev–Trinajstić information content (AvgIpc) is 2.53. The molecular weight excluding hydrogens is 152 g/mol. The standard InChI is InChI=1S/C9H10N2O/c12-11-6-8-3-1-2-7-4-5-10-9(7)8/h1-5,10-12H,6H2. The maximum Gasteiger partial charge on any atom is 0.0500 e. The Labute approximate surface area is 70.0 Å². The van der Waals surface area contributed by atoms with Crippen molar-refractivity contribution in [2.24, 2.45) is 0 Å². The Morgan fingerprint density at radius 2 is 2.25 bits per heavy atom. The number of hydrogen-bond donors (Lipinski definition) is 3. The van der Waals surface area contributed by atoms with Gasteiger partial charge in [0.05, 0.1) is 0 Å². The van der Waals surface area contributed by atoms with Crippen LogP contribution in [0.15, 0.2) is 30.5 Å². The molecule has 0 amide bonds. The molecule has 0 saturated carbocycles. The quantitative estimate of drug-likeness (QED) is 0.588. The summed E-state index contributed by atoms with van der Waals surface area (Å²) < 4.78 is 0. The number of hydrogen-bond acceptors (Lipinski definition) is 2. The molecule has 0 fully saturated rings. The fraction of sp³-hybridized carbons (Fsp3) is 0.111. The fourth-order valence-electron chi connectivity index (χ4n) is 1.38. The summed E-state index contributed by atoms with van der Waals surface area (Å²) in [5, 5.41) is 9.72. The minimum Gasteiger partial charge on any atom is -0.361 e. The van der Waals surface area contributed by atoms with E-state index in [0.29, 0.717) is 6.54 Å². The third-order valence-electron chi connectivity index (χ3n) is 1.94. The molecule has 1 aromatic carbocycles. The zero-order valence-corrected chi connectivity index (χ0v) is 6.54. The van der Waals surface area contributed by atoms with E-state index >= 15 is 0 Å². The number of benzene rings is 1. The number of aromatic amines is 1. The molecule has 0 spiro atoms. The molecule has 2 aromatic rings. The smallest absolute Gasteiger partial charge is 0.0500 e. The van der Waals surface area contributed by atoms with E-state index in [1.165, 1.54) is 5.39 Å². The largest absolute Gasteiger partial charge is 0.361 e. The molecule has 0 aliphatic rings. The molecule has 2 rings (SSSR count). The maximum absolute atomic E-state index is 8.55. The number of aromatic nitrogens is 1. The predicted molar refractivity (Wildman–Crippen MR) is 46.9 cm³/mol. The van der Waals surface area contributed by atoms with E-state index in [0.717, 1.165) is 11.1 Å². The second-order valence-electron chi connectivity index (χ2n) is 2.69. The maximum atomic E-state index is 8.55. The summed E-state index contributed by atoms with van der Waals surface area (Å²) >= 11 is 0. The SMILES string of the molecule is ONCc1cccc2cc[nH]c12. The first-order chi connectivity index (χ1) is 5.92. The highest BCUT2D eigenvalue weighted by Gasteiger charge is 1.99. The predicted octanol–water partition coefficient (Wildman–Crippen LogP) is 1.65. The van der Waals surface area contributed by atoms with Crippen molar-refractivity contribution >= 4 is 10.9 Å². The molecule has 0 aliphatic carbocycles. The molecule has 12 heavy (non-hydrogen) atoms. The van der Waals surface area contributed by atoms with Gasteiger partial charge in [0.25, 0.3) is 0 Å². The van der Waals surface area contributed by atoms with Gasteiger partial charge in [-0.3, -0.25) is 0 Å². The highest BCUT2D eigenvalue weighted by Crippen LogP contribution is 2.16. The Kier molecular flexibility index (Phi) is 1.81. The normalized spacial score (nSPS) is 10.8. The Bertz CT molecular complexity index is 381. The van der Waals surface area contributed by atoms with Gasteiger partial charge < -0.3 is 10.2 Å². The molecule has 0 radical (unpaired) electrons. The lowest BCUT2D eigenvalue weighted by Gasteiger charge is -2.00. The minimum absolute atomic E-state index is 0.470. The zero-order chi connectivity index (χ0) is 8.39. The molecule has 3 heteroatoms. The highest BCUT2D eigenvalue weighted by atomic mass is 16.5. The first-order valence-electron chi connectivity index (χ1n) is 3.84. The van der Waals surface area contributed by atoms with Crippen molar-refractivity contribution in [2.75, 3.05) is 0 Å². The van der Waals surface area contributed by atoms with Crippen LogP contribution in [0.1, 0.15) is 5.56 Å². The van der Waals surface area contributed by atoms with E-state index in [-0.39, 0.29) is 0 Å². The summed E-state index contributed by atoms with van der Waals surface area (Å²) in [4.78, 5) is 3.12. The molecule has 0 atom stereocenters. The summed E-state index contributed by atoms with van der Waals surface area (Å²) in [5.41, 5.74) is 4.30. The zero-order valence-electron chi connectivity index (χ0n) is 6.54. The number of nitrogens with one attached hydrogen (secondary N) is 2. The van der Waals surface area contributed by atoms with E-state index in [2.05, 4.69) is 10.5 Å². The van der Waals surface area contributed by atoms with Crippen LogP contribution in [0.5, 0.6) is 0 Å². The van der Waals surface area contributed by atoms with Gasteiger partial charge >= 0.3 is 0 Å². The van der Waals surface area contributed by atoms with Gasteiger partial charge in [-0.15, -0.1) is 0 Å². The van der Waals surface area contributed by atoms with E-state index in [1.54, 1.807) is 0 Å². The van der Waals surface area contributed by atoms with Crippen molar-refractivity contribution in [1.82, 2.24) is 10.5 Å². The summed E-state index contributed by atoms with van der Waals surface area (Å²) in [6.07, 6.45) is 1.89. The summed E-state index contributed by atoms with van der Waals surface area (Å²) in [6, 6.07) is 7.99. The monoisotopic (exact) mass is 162 g/mol. The molecule has 62 valence electrons. The average molecular weight is 162 g/mol. The van der Waals surface area contributed by atoms with Crippen LogP contribution in [0.3, 0.4) is 0 Å². The summed E-state index contributed by atoms with van der Waals surface area (Å²) in [6.45, 7) is 0.470. The summed E-state index contributed by atoms with van der Waals surface area (Å²) in [7, 11) is 0. The minimum atomic E-state index is 0.470. The van der Waals surface area contributed by atoms with Crippen LogP contribution in [0.25, 0.3) is 10.9 Å². The van der Waals surface area contributed by atoms with Crippen molar-refractivity contribution in [3.05, 3.63) is 36.0 Å². The number of para-hydroxylation sites is 1. The molecule has 0 unspecified atom stereocenters. The van der Waals surface area contributed by atoms with Crippen LogP contribution in [-0.4, -0.2) is 10.2 Å². The van der Waals surface area contributed by atoms with Crippen molar-refractivity contribution < 1.29 is 5.21 Å².